The molecule has 0 aliphatic carbocycles. The summed E-state index contributed by atoms with van der Waals surface area (Å²) in [4.78, 5) is 21.0. The van der Waals surface area contributed by atoms with Gasteiger partial charge in [0.15, 0.2) is 0 Å². The van der Waals surface area contributed by atoms with Crippen LogP contribution in [-0.2, 0) is 0 Å². The average Bonchev–Trinajstić information content (AvgIpc) is 2.56. The van der Waals surface area contributed by atoms with Crippen LogP contribution in [0.2, 0.25) is 0 Å². The van der Waals surface area contributed by atoms with Crippen molar-refractivity contribution in [1.82, 2.24) is 9.88 Å². The third-order valence-electron chi connectivity index (χ3n) is 2.42. The van der Waals surface area contributed by atoms with Crippen molar-refractivity contribution in [3.63, 3.8) is 0 Å². The zero-order valence-corrected chi connectivity index (χ0v) is 12.3. The van der Waals surface area contributed by atoms with E-state index in [2.05, 4.69) is 47.8 Å². The number of aliphatic imine (C=N–C) groups is 1. The molecule has 1 aromatic heterocycles. The van der Waals surface area contributed by atoms with Crippen molar-refractivity contribution in [3.8, 4) is 12.3 Å². The number of halogens is 2. The number of amidine groups is 1. The van der Waals surface area contributed by atoms with Gasteiger partial charge in [-0.1, -0.05) is 5.92 Å². The first-order valence-corrected chi connectivity index (χ1v) is 6.52. The molecule has 5 nitrogen and oxygen atoms in total. The van der Waals surface area contributed by atoms with Gasteiger partial charge in [-0.2, -0.15) is 4.99 Å². The molecule has 0 saturated heterocycles. The van der Waals surface area contributed by atoms with Crippen LogP contribution in [-0.4, -0.2) is 28.3 Å². The lowest BCUT2D eigenvalue weighted by Gasteiger charge is -2.22. The second-order valence-electron chi connectivity index (χ2n) is 3.57. The summed E-state index contributed by atoms with van der Waals surface area (Å²) >= 11 is 6.70. The van der Waals surface area contributed by atoms with Crippen molar-refractivity contribution < 1.29 is 4.79 Å². The van der Waals surface area contributed by atoms with Crippen molar-refractivity contribution in [2.75, 3.05) is 6.54 Å². The first-order valence-electron chi connectivity index (χ1n) is 4.93. The molecule has 0 aromatic carbocycles. The summed E-state index contributed by atoms with van der Waals surface area (Å²) in [5, 5.41) is 0. The van der Waals surface area contributed by atoms with Crippen molar-refractivity contribution in [3.05, 3.63) is 26.9 Å². The van der Waals surface area contributed by atoms with Crippen LogP contribution in [0.1, 0.15) is 11.7 Å². The Labute approximate surface area is 121 Å². The largest absolute Gasteiger partial charge is 0.385 e. The minimum atomic E-state index is -0.518. The highest BCUT2D eigenvalue weighted by molar-refractivity contribution is 9.11. The van der Waals surface area contributed by atoms with E-state index in [0.29, 0.717) is 5.69 Å². The number of hydrogen-bond acceptors (Lipinski definition) is 3. The van der Waals surface area contributed by atoms with Gasteiger partial charge in [0.05, 0.1) is 12.2 Å². The zero-order valence-electron chi connectivity index (χ0n) is 9.10. The standard InChI is InChI=1S/C11H8Br2N4O/c1-2-3-17-9(10(14)16-11(17)18)8-7(13)4-6(12)5-15-8/h1,4-5,9H,3H2,(H2,14,16,18). The number of terminal acetylenes is 1. The molecule has 2 N–H and O–H groups in total. The van der Waals surface area contributed by atoms with E-state index >= 15 is 0 Å². The van der Waals surface area contributed by atoms with Crippen LogP contribution in [0.5, 0.6) is 0 Å². The van der Waals surface area contributed by atoms with Gasteiger partial charge in [-0.15, -0.1) is 6.42 Å². The second kappa shape index (κ2) is 5.08. The fraction of sp³-hybridized carbons (Fsp3) is 0.182. The van der Waals surface area contributed by atoms with Crippen LogP contribution in [0.25, 0.3) is 0 Å². The fourth-order valence-corrected chi connectivity index (χ4v) is 2.88. The van der Waals surface area contributed by atoms with E-state index in [4.69, 9.17) is 12.2 Å². The van der Waals surface area contributed by atoms with Crippen LogP contribution in [0.4, 0.5) is 4.79 Å². The highest BCUT2D eigenvalue weighted by Gasteiger charge is 2.36. The molecule has 2 amide bonds. The maximum atomic E-state index is 11.6. The van der Waals surface area contributed by atoms with Gasteiger partial charge in [0, 0.05) is 15.1 Å². The number of urea groups is 1. The maximum absolute atomic E-state index is 11.6. The molecule has 2 rings (SSSR count). The number of hydrogen-bond donors (Lipinski definition) is 1. The first-order chi connectivity index (χ1) is 8.54. The van der Waals surface area contributed by atoms with Gasteiger partial charge < -0.3 is 5.73 Å². The third kappa shape index (κ3) is 2.26. The number of rotatable bonds is 2. The average molecular weight is 372 g/mol. The van der Waals surface area contributed by atoms with Crippen LogP contribution in [0, 0.1) is 12.3 Å². The van der Waals surface area contributed by atoms with Gasteiger partial charge in [-0.3, -0.25) is 9.88 Å². The fourth-order valence-electron chi connectivity index (χ4n) is 1.68. The van der Waals surface area contributed by atoms with Gasteiger partial charge in [0.25, 0.3) is 0 Å². The summed E-state index contributed by atoms with van der Waals surface area (Å²) in [6, 6.07) is 0.870. The summed E-state index contributed by atoms with van der Waals surface area (Å²) < 4.78 is 1.55. The molecule has 1 unspecified atom stereocenters. The van der Waals surface area contributed by atoms with E-state index < -0.39 is 12.1 Å². The Morgan fingerprint density at radius 1 is 1.56 bits per heavy atom. The number of nitrogens with two attached hydrogens (primary N) is 1. The Morgan fingerprint density at radius 3 is 2.89 bits per heavy atom. The Hall–Kier alpha value is -1.39. The van der Waals surface area contributed by atoms with Gasteiger partial charge in [0.1, 0.15) is 11.9 Å². The highest BCUT2D eigenvalue weighted by Crippen LogP contribution is 2.31. The van der Waals surface area contributed by atoms with Crippen molar-refractivity contribution in [2.45, 2.75) is 6.04 Å². The minimum absolute atomic E-state index is 0.137. The molecule has 18 heavy (non-hydrogen) atoms. The predicted octanol–water partition coefficient (Wildman–Crippen LogP) is 2.07. The first kappa shape index (κ1) is 13.1. The molecule has 1 aromatic rings. The summed E-state index contributed by atoms with van der Waals surface area (Å²) in [7, 11) is 0. The molecule has 1 aliphatic heterocycles. The molecule has 2 heterocycles. The van der Waals surface area contributed by atoms with Crippen LogP contribution < -0.4 is 5.73 Å². The Bertz CT molecular complexity index is 579. The van der Waals surface area contributed by atoms with Crippen LogP contribution >= 0.6 is 31.9 Å². The molecule has 0 fully saturated rings. The molecule has 0 bridgehead atoms. The molecule has 0 radical (unpaired) electrons. The van der Waals surface area contributed by atoms with E-state index in [1.807, 2.05) is 6.07 Å². The number of amides is 2. The lowest BCUT2D eigenvalue weighted by atomic mass is 10.1. The molecular weight excluding hydrogens is 364 g/mol. The molecular formula is C11H8Br2N4O. The van der Waals surface area contributed by atoms with Crippen LogP contribution in [0.3, 0.4) is 0 Å². The van der Waals surface area contributed by atoms with E-state index in [9.17, 15) is 4.79 Å². The highest BCUT2D eigenvalue weighted by atomic mass is 79.9. The summed E-state index contributed by atoms with van der Waals surface area (Å²) in [6.45, 7) is 0.137. The molecule has 7 heteroatoms. The zero-order chi connectivity index (χ0) is 13.3. The van der Waals surface area contributed by atoms with Crippen LogP contribution in [0.15, 0.2) is 26.2 Å². The SMILES string of the molecule is C#CCN1C(=O)N=C(N)C1c1ncc(Br)cc1Br. The van der Waals surface area contributed by atoms with E-state index in [1.54, 1.807) is 6.20 Å². The third-order valence-corrected chi connectivity index (χ3v) is 3.49. The smallest absolute Gasteiger partial charge is 0.347 e. The molecule has 0 spiro atoms. The molecule has 0 saturated carbocycles. The normalized spacial score (nSPS) is 18.7. The van der Waals surface area contributed by atoms with Crippen molar-refractivity contribution in [2.24, 2.45) is 10.7 Å². The molecule has 1 atom stereocenters. The van der Waals surface area contributed by atoms with Crippen molar-refractivity contribution in [1.29, 1.82) is 0 Å². The Balaban J connectivity index is 2.45. The Kier molecular flexibility index (Phi) is 3.68. The van der Waals surface area contributed by atoms with Crippen molar-refractivity contribution >= 4 is 43.7 Å². The van der Waals surface area contributed by atoms with E-state index in [0.717, 1.165) is 8.95 Å². The predicted molar refractivity (Wildman–Crippen MR) is 74.9 cm³/mol. The quantitative estimate of drug-likeness (QED) is 0.809. The summed E-state index contributed by atoms with van der Waals surface area (Å²) in [5.74, 6) is 2.61. The molecule has 92 valence electrons. The van der Waals surface area contributed by atoms with E-state index in [-0.39, 0.29) is 12.4 Å². The van der Waals surface area contributed by atoms with E-state index in [1.165, 1.54) is 4.90 Å². The lowest BCUT2D eigenvalue weighted by molar-refractivity contribution is 0.213. The topological polar surface area (TPSA) is 71.6 Å². The minimum Gasteiger partial charge on any atom is -0.385 e. The number of carbonyl (C=O) groups excluding carboxylic acids is 1. The van der Waals surface area contributed by atoms with Gasteiger partial charge >= 0.3 is 6.03 Å². The summed E-state index contributed by atoms with van der Waals surface area (Å²) in [6.07, 6.45) is 6.87. The number of nitrogens with zero attached hydrogens (tertiary/aromatic N) is 3. The Morgan fingerprint density at radius 2 is 2.28 bits per heavy atom. The maximum Gasteiger partial charge on any atom is 0.347 e. The number of carbonyl (C=O) groups is 1. The molecule has 1 aliphatic rings. The second-order valence-corrected chi connectivity index (χ2v) is 5.34. The summed E-state index contributed by atoms with van der Waals surface area (Å²) in [5.41, 5.74) is 6.39. The van der Waals surface area contributed by atoms with Gasteiger partial charge in [-0.25, -0.2) is 4.79 Å². The monoisotopic (exact) mass is 370 g/mol. The van der Waals surface area contributed by atoms with Gasteiger partial charge in [0.2, 0.25) is 0 Å². The lowest BCUT2D eigenvalue weighted by Crippen LogP contribution is -2.34. The number of aromatic nitrogens is 1. The van der Waals surface area contributed by atoms with Gasteiger partial charge in [-0.05, 0) is 37.9 Å². The number of pyridine rings is 1.